The van der Waals surface area contributed by atoms with Crippen LogP contribution in [0.2, 0.25) is 0 Å². The summed E-state index contributed by atoms with van der Waals surface area (Å²) in [6.07, 6.45) is 0. The smallest absolute Gasteiger partial charge is 0.253 e. The molecule has 1 aliphatic rings. The van der Waals surface area contributed by atoms with Crippen LogP contribution in [0.4, 0.5) is 0 Å². The summed E-state index contributed by atoms with van der Waals surface area (Å²) in [6.45, 7) is 7.98. The minimum Gasteiger partial charge on any atom is -0.342 e. The molecule has 0 bridgehead atoms. The van der Waals surface area contributed by atoms with Crippen LogP contribution in [0.5, 0.6) is 0 Å². The number of hydrogen-bond acceptors (Lipinski definition) is 2. The number of likely N-dealkylation sites (tertiary alicyclic amines) is 1. The van der Waals surface area contributed by atoms with Gasteiger partial charge in [0, 0.05) is 18.7 Å². The summed E-state index contributed by atoms with van der Waals surface area (Å²) in [5.41, 5.74) is 4.15. The molecule has 2 aromatic carbocycles. The van der Waals surface area contributed by atoms with Crippen LogP contribution in [0.3, 0.4) is 0 Å². The van der Waals surface area contributed by atoms with Crippen LogP contribution in [0.25, 0.3) is 11.0 Å². The quantitative estimate of drug-likeness (QED) is 0.767. The van der Waals surface area contributed by atoms with Gasteiger partial charge in [-0.2, -0.15) is 0 Å². The summed E-state index contributed by atoms with van der Waals surface area (Å²) < 4.78 is 0. The highest BCUT2D eigenvalue weighted by Gasteiger charge is 2.34. The molecule has 1 N–H and O–H groups in total. The average Bonchev–Trinajstić information content (AvgIpc) is 2.96. The van der Waals surface area contributed by atoms with Crippen molar-refractivity contribution < 1.29 is 4.79 Å². The molecule has 1 amide bonds. The first-order chi connectivity index (χ1) is 11.9. The number of rotatable bonds is 2. The maximum atomic E-state index is 12.6. The van der Waals surface area contributed by atoms with Gasteiger partial charge in [-0.3, -0.25) is 4.79 Å². The van der Waals surface area contributed by atoms with E-state index in [1.54, 1.807) is 0 Å². The highest BCUT2D eigenvalue weighted by atomic mass is 16.2. The monoisotopic (exact) mass is 333 g/mol. The van der Waals surface area contributed by atoms with Crippen molar-refractivity contribution in [3.8, 4) is 0 Å². The van der Waals surface area contributed by atoms with E-state index in [1.807, 2.05) is 41.3 Å². The van der Waals surface area contributed by atoms with Crippen molar-refractivity contribution >= 4 is 16.9 Å². The van der Waals surface area contributed by atoms with E-state index in [0.717, 1.165) is 35.5 Å². The molecule has 4 nitrogen and oxygen atoms in total. The molecule has 1 fully saturated rings. The van der Waals surface area contributed by atoms with Gasteiger partial charge in [0.25, 0.3) is 5.91 Å². The van der Waals surface area contributed by atoms with Gasteiger partial charge < -0.3 is 9.88 Å². The Morgan fingerprint density at radius 3 is 2.40 bits per heavy atom. The van der Waals surface area contributed by atoms with Crippen LogP contribution in [0, 0.1) is 0 Å². The Kier molecular flexibility index (Phi) is 3.64. The molecule has 3 aromatic rings. The van der Waals surface area contributed by atoms with Crippen molar-refractivity contribution in [2.45, 2.75) is 32.1 Å². The summed E-state index contributed by atoms with van der Waals surface area (Å²) >= 11 is 0. The van der Waals surface area contributed by atoms with Crippen LogP contribution >= 0.6 is 0 Å². The Morgan fingerprint density at radius 2 is 1.76 bits per heavy atom. The van der Waals surface area contributed by atoms with Gasteiger partial charge in [-0.15, -0.1) is 0 Å². The van der Waals surface area contributed by atoms with E-state index < -0.39 is 0 Å². The number of imidazole rings is 1. The third-order valence-corrected chi connectivity index (χ3v) is 4.96. The minimum absolute atomic E-state index is 0.102. The molecular formula is C21H23N3O. The third-order valence-electron chi connectivity index (χ3n) is 4.96. The molecule has 0 unspecified atom stereocenters. The molecule has 1 saturated heterocycles. The Labute approximate surface area is 147 Å². The molecule has 0 atom stereocenters. The van der Waals surface area contributed by atoms with Crippen molar-refractivity contribution in [2.24, 2.45) is 0 Å². The summed E-state index contributed by atoms with van der Waals surface area (Å²) in [4.78, 5) is 22.5. The lowest BCUT2D eigenvalue weighted by Gasteiger charge is -2.38. The van der Waals surface area contributed by atoms with Crippen LogP contribution in [0.1, 0.15) is 48.4 Å². The number of H-pyrrole nitrogens is 1. The van der Waals surface area contributed by atoms with Gasteiger partial charge in [-0.25, -0.2) is 4.98 Å². The van der Waals surface area contributed by atoms with E-state index in [9.17, 15) is 4.79 Å². The molecule has 1 aromatic heterocycles. The van der Waals surface area contributed by atoms with Crippen molar-refractivity contribution in [2.75, 3.05) is 13.1 Å². The van der Waals surface area contributed by atoms with Crippen molar-refractivity contribution in [1.29, 1.82) is 0 Å². The topological polar surface area (TPSA) is 49.0 Å². The van der Waals surface area contributed by atoms with E-state index in [-0.39, 0.29) is 11.3 Å². The first-order valence-corrected chi connectivity index (χ1v) is 8.76. The number of hydrogen-bond donors (Lipinski definition) is 1. The standard InChI is InChI=1S/C21H23N3O/c1-21(2,3)16-10-8-14(9-11-16)20(25)24-12-15(13-24)19-22-17-6-4-5-7-18(17)23-19/h4-11,15H,12-13H2,1-3H3,(H,22,23). The van der Waals surface area contributed by atoms with Gasteiger partial charge in [-0.05, 0) is 35.2 Å². The lowest BCUT2D eigenvalue weighted by atomic mass is 9.86. The second kappa shape index (κ2) is 5.73. The van der Waals surface area contributed by atoms with Crippen LogP contribution < -0.4 is 0 Å². The third kappa shape index (κ3) is 2.93. The molecule has 0 radical (unpaired) electrons. The molecule has 0 aliphatic carbocycles. The molecule has 4 rings (SSSR count). The van der Waals surface area contributed by atoms with Crippen LogP contribution in [0.15, 0.2) is 48.5 Å². The molecule has 1 aliphatic heterocycles. The number of carbonyl (C=O) groups is 1. The lowest BCUT2D eigenvalue weighted by molar-refractivity contribution is 0.0595. The van der Waals surface area contributed by atoms with Crippen LogP contribution in [-0.4, -0.2) is 33.9 Å². The zero-order valence-electron chi connectivity index (χ0n) is 14.9. The van der Waals surface area contributed by atoms with E-state index in [0.29, 0.717) is 5.92 Å². The Balaban J connectivity index is 1.43. The molecule has 2 heterocycles. The summed E-state index contributed by atoms with van der Waals surface area (Å²) in [6, 6.07) is 16.0. The molecule has 0 saturated carbocycles. The number of benzene rings is 2. The van der Waals surface area contributed by atoms with E-state index >= 15 is 0 Å². The van der Waals surface area contributed by atoms with Gasteiger partial charge in [0.05, 0.1) is 17.0 Å². The van der Waals surface area contributed by atoms with Crippen LogP contribution in [-0.2, 0) is 5.41 Å². The largest absolute Gasteiger partial charge is 0.342 e. The van der Waals surface area contributed by atoms with Gasteiger partial charge in [0.1, 0.15) is 5.82 Å². The SMILES string of the molecule is CC(C)(C)c1ccc(C(=O)N2CC(c3nc4ccccc4[nH]3)C2)cc1. The second-order valence-electron chi connectivity index (χ2n) is 7.87. The highest BCUT2D eigenvalue weighted by Crippen LogP contribution is 2.29. The summed E-state index contributed by atoms with van der Waals surface area (Å²) in [5.74, 6) is 1.38. The van der Waals surface area contributed by atoms with Crippen molar-refractivity contribution in [1.82, 2.24) is 14.9 Å². The highest BCUT2D eigenvalue weighted by molar-refractivity contribution is 5.95. The molecule has 128 valence electrons. The first kappa shape index (κ1) is 15.9. The van der Waals surface area contributed by atoms with Crippen molar-refractivity contribution in [3.63, 3.8) is 0 Å². The number of amides is 1. The predicted molar refractivity (Wildman–Crippen MR) is 99.9 cm³/mol. The minimum atomic E-state index is 0.102. The first-order valence-electron chi connectivity index (χ1n) is 8.76. The average molecular weight is 333 g/mol. The number of fused-ring (bicyclic) bond motifs is 1. The van der Waals surface area contributed by atoms with E-state index in [4.69, 9.17) is 0 Å². The molecule has 0 spiro atoms. The second-order valence-corrected chi connectivity index (χ2v) is 7.87. The molecule has 4 heteroatoms. The maximum Gasteiger partial charge on any atom is 0.253 e. The van der Waals surface area contributed by atoms with Gasteiger partial charge in [0.15, 0.2) is 0 Å². The number of nitrogens with one attached hydrogen (secondary N) is 1. The fourth-order valence-corrected chi connectivity index (χ4v) is 3.28. The number of carbonyl (C=O) groups excluding carboxylic acids is 1. The molecule has 25 heavy (non-hydrogen) atoms. The van der Waals surface area contributed by atoms with Gasteiger partial charge in [0.2, 0.25) is 0 Å². The maximum absolute atomic E-state index is 12.6. The fraction of sp³-hybridized carbons (Fsp3) is 0.333. The van der Waals surface area contributed by atoms with Gasteiger partial charge in [-0.1, -0.05) is 45.0 Å². The lowest BCUT2D eigenvalue weighted by Crippen LogP contribution is -2.48. The Hall–Kier alpha value is -2.62. The Morgan fingerprint density at radius 1 is 1.08 bits per heavy atom. The Bertz CT molecular complexity index is 879. The zero-order chi connectivity index (χ0) is 17.6. The van der Waals surface area contributed by atoms with E-state index in [1.165, 1.54) is 5.56 Å². The number of aromatic nitrogens is 2. The van der Waals surface area contributed by atoms with Gasteiger partial charge >= 0.3 is 0 Å². The van der Waals surface area contributed by atoms with Crippen molar-refractivity contribution in [3.05, 3.63) is 65.5 Å². The summed E-state index contributed by atoms with van der Waals surface area (Å²) in [7, 11) is 0. The fourth-order valence-electron chi connectivity index (χ4n) is 3.28. The molecular weight excluding hydrogens is 310 g/mol. The number of nitrogens with zero attached hydrogens (tertiary/aromatic N) is 2. The van der Waals surface area contributed by atoms with E-state index in [2.05, 4.69) is 42.9 Å². The number of para-hydroxylation sites is 2. The zero-order valence-corrected chi connectivity index (χ0v) is 14.9. The number of aromatic amines is 1. The normalized spacial score (nSPS) is 15.4. The predicted octanol–water partition coefficient (Wildman–Crippen LogP) is 4.10. The summed E-state index contributed by atoms with van der Waals surface area (Å²) in [5, 5.41) is 0.